The van der Waals surface area contributed by atoms with Crippen molar-refractivity contribution in [2.75, 3.05) is 0 Å². The minimum absolute atomic E-state index is 0.174. The highest BCUT2D eigenvalue weighted by molar-refractivity contribution is 7.52. The quantitative estimate of drug-likeness (QED) is 0.0383. The maximum absolute atomic E-state index is 11.0. The third-order valence-corrected chi connectivity index (χ3v) is 9.45. The van der Waals surface area contributed by atoms with Gasteiger partial charge in [0.2, 0.25) is 0 Å². The lowest BCUT2D eigenvalue weighted by Crippen LogP contribution is -2.04. The van der Waals surface area contributed by atoms with Gasteiger partial charge in [-0.1, -0.05) is 152 Å². The van der Waals surface area contributed by atoms with Gasteiger partial charge in [0, 0.05) is 0 Å². The van der Waals surface area contributed by atoms with Crippen LogP contribution >= 0.6 is 15.2 Å². The molecule has 0 aromatic carbocycles. The van der Waals surface area contributed by atoms with E-state index in [1.165, 1.54) is 89.9 Å². The minimum Gasteiger partial charge on any atom is -0.323 e. The molecule has 0 rings (SSSR count). The molecule has 0 aliphatic carbocycles. The Morgan fingerprint density at radius 3 is 0.658 bits per heavy atom. The van der Waals surface area contributed by atoms with E-state index in [4.69, 9.17) is 19.6 Å². The highest BCUT2D eigenvalue weighted by atomic mass is 31.2. The standard InChI is InChI=1S/C26H54N2O8P2/c29-27-25(37(31,32)33)23-21-19-17-15-13-11-9-7-5-3-1-2-4-6-8-10-12-14-16-18-20-22-24-26(28-30)38(34,35)36/h25-26H,1-24H2,(H2,31,32,33)(H2,34,35,36). The number of hydrogen-bond donors (Lipinski definition) is 4. The van der Waals surface area contributed by atoms with E-state index in [1.807, 2.05) is 0 Å². The van der Waals surface area contributed by atoms with Crippen LogP contribution in [-0.2, 0) is 9.13 Å². The van der Waals surface area contributed by atoms with E-state index in [1.54, 1.807) is 0 Å². The van der Waals surface area contributed by atoms with E-state index in [9.17, 15) is 18.9 Å². The summed E-state index contributed by atoms with van der Waals surface area (Å²) in [4.78, 5) is 56.9. The third-order valence-electron chi connectivity index (χ3n) is 7.19. The Balaban J connectivity index is 3.25. The van der Waals surface area contributed by atoms with E-state index < -0.39 is 26.8 Å². The van der Waals surface area contributed by atoms with Crippen LogP contribution in [0.5, 0.6) is 0 Å². The molecular formula is C26H54N2O8P2. The Labute approximate surface area is 229 Å². The van der Waals surface area contributed by atoms with E-state index >= 15 is 0 Å². The van der Waals surface area contributed by atoms with Crippen LogP contribution in [0.4, 0.5) is 0 Å². The topological polar surface area (TPSA) is 174 Å². The zero-order valence-electron chi connectivity index (χ0n) is 23.3. The van der Waals surface area contributed by atoms with Gasteiger partial charge < -0.3 is 19.6 Å². The summed E-state index contributed by atoms with van der Waals surface area (Å²) in [5.41, 5.74) is 0. The average molecular weight is 585 g/mol. The Hall–Kier alpha value is -0.500. The van der Waals surface area contributed by atoms with Crippen LogP contribution in [0.2, 0.25) is 0 Å². The van der Waals surface area contributed by atoms with Gasteiger partial charge in [-0.25, -0.2) is 0 Å². The molecule has 10 nitrogen and oxygen atoms in total. The lowest BCUT2D eigenvalue weighted by molar-refractivity contribution is 0.351. The Morgan fingerprint density at radius 2 is 0.526 bits per heavy atom. The normalized spacial score (nSPS) is 13.9. The lowest BCUT2D eigenvalue weighted by atomic mass is 10.0. The van der Waals surface area contributed by atoms with Crippen molar-refractivity contribution in [3.8, 4) is 0 Å². The molecule has 0 saturated carbocycles. The first-order chi connectivity index (χ1) is 18.1. The molecule has 0 aliphatic rings. The molecule has 4 N–H and O–H groups in total. The summed E-state index contributed by atoms with van der Waals surface area (Å²) in [7, 11) is -8.76. The van der Waals surface area contributed by atoms with Crippen molar-refractivity contribution < 1.29 is 28.7 Å². The summed E-state index contributed by atoms with van der Waals surface area (Å²) >= 11 is 0. The van der Waals surface area contributed by atoms with Gasteiger partial charge in [0.1, 0.15) is 0 Å². The van der Waals surface area contributed by atoms with Crippen LogP contribution in [-0.4, -0.2) is 31.1 Å². The van der Waals surface area contributed by atoms with E-state index in [0.29, 0.717) is 12.8 Å². The van der Waals surface area contributed by atoms with Gasteiger partial charge in [0.15, 0.2) is 11.6 Å². The first-order valence-electron chi connectivity index (χ1n) is 14.9. The van der Waals surface area contributed by atoms with Crippen LogP contribution in [0.25, 0.3) is 0 Å². The second-order valence-electron chi connectivity index (χ2n) is 10.7. The van der Waals surface area contributed by atoms with Crippen molar-refractivity contribution in [1.82, 2.24) is 0 Å². The smallest absolute Gasteiger partial charge is 0.323 e. The maximum Gasteiger partial charge on any atom is 0.353 e. The fourth-order valence-corrected chi connectivity index (χ4v) is 6.04. The molecule has 0 aliphatic heterocycles. The van der Waals surface area contributed by atoms with Gasteiger partial charge in [0.05, 0.1) is 0 Å². The van der Waals surface area contributed by atoms with Crippen LogP contribution in [0.1, 0.15) is 154 Å². The van der Waals surface area contributed by atoms with Gasteiger partial charge >= 0.3 is 15.2 Å². The number of nitrogens with zero attached hydrogens (tertiary/aromatic N) is 2. The summed E-state index contributed by atoms with van der Waals surface area (Å²) in [5.74, 6) is -2.75. The molecule has 0 aromatic rings. The van der Waals surface area contributed by atoms with E-state index in [-0.39, 0.29) is 12.8 Å². The molecule has 0 saturated heterocycles. The molecule has 0 fully saturated rings. The Morgan fingerprint density at radius 1 is 0.368 bits per heavy atom. The fraction of sp³-hybridized carbons (Fsp3) is 1.00. The van der Waals surface area contributed by atoms with E-state index in [2.05, 4.69) is 10.4 Å². The first kappa shape index (κ1) is 37.5. The number of rotatable bonds is 29. The van der Waals surface area contributed by atoms with Crippen molar-refractivity contribution >= 4 is 15.2 Å². The number of unbranched alkanes of at least 4 members (excludes halogenated alkanes) is 21. The zero-order valence-corrected chi connectivity index (χ0v) is 25.1. The molecule has 0 spiro atoms. The van der Waals surface area contributed by atoms with E-state index in [0.717, 1.165) is 38.5 Å². The van der Waals surface area contributed by atoms with Crippen molar-refractivity contribution in [1.29, 1.82) is 0 Å². The second kappa shape index (κ2) is 24.3. The van der Waals surface area contributed by atoms with Gasteiger partial charge in [-0.2, -0.15) is 0 Å². The highest BCUT2D eigenvalue weighted by Gasteiger charge is 2.29. The molecule has 0 bridgehead atoms. The van der Waals surface area contributed by atoms with Crippen molar-refractivity contribution in [2.45, 2.75) is 166 Å². The Bertz CT molecular complexity index is 616. The second-order valence-corrected chi connectivity index (χ2v) is 14.3. The summed E-state index contributed by atoms with van der Waals surface area (Å²) in [6.07, 6.45) is 25.7. The molecule has 12 heteroatoms. The molecule has 38 heavy (non-hydrogen) atoms. The monoisotopic (exact) mass is 584 g/mol. The molecule has 0 amide bonds. The molecule has 2 atom stereocenters. The molecule has 226 valence electrons. The SMILES string of the molecule is O=NC(CCCCCCCCCCCCCCCCCCCCCCCCC(N=O)P(=O)(O)O)P(=O)(O)O. The lowest BCUT2D eigenvalue weighted by Gasteiger charge is -2.10. The summed E-state index contributed by atoms with van der Waals surface area (Å²) in [6.45, 7) is 0. The summed E-state index contributed by atoms with van der Waals surface area (Å²) < 4.78 is 22.1. The zero-order chi connectivity index (χ0) is 28.5. The average Bonchev–Trinajstić information content (AvgIpc) is 2.84. The molecule has 2 unspecified atom stereocenters. The molecule has 0 heterocycles. The summed E-state index contributed by atoms with van der Waals surface area (Å²) in [6, 6.07) is 0. The Kier molecular flexibility index (Phi) is 24.0. The van der Waals surface area contributed by atoms with Crippen LogP contribution in [0, 0.1) is 9.81 Å². The number of nitroso groups, excluding NO2 is 2. The first-order valence-corrected chi connectivity index (χ1v) is 18.2. The molecule has 0 aromatic heterocycles. The third kappa shape index (κ3) is 23.4. The summed E-state index contributed by atoms with van der Waals surface area (Å²) in [5, 5.41) is 5.12. The van der Waals surface area contributed by atoms with Gasteiger partial charge in [-0.3, -0.25) is 9.13 Å². The highest BCUT2D eigenvalue weighted by Crippen LogP contribution is 2.45. The van der Waals surface area contributed by atoms with Gasteiger partial charge in [-0.05, 0) is 12.8 Å². The number of hydrogen-bond acceptors (Lipinski definition) is 6. The predicted molar refractivity (Wildman–Crippen MR) is 154 cm³/mol. The van der Waals surface area contributed by atoms with Gasteiger partial charge in [0.25, 0.3) is 0 Å². The van der Waals surface area contributed by atoms with Crippen LogP contribution in [0.3, 0.4) is 0 Å². The van der Waals surface area contributed by atoms with Gasteiger partial charge in [-0.15, -0.1) is 9.81 Å². The maximum atomic E-state index is 11.0. The minimum atomic E-state index is -4.38. The largest absolute Gasteiger partial charge is 0.353 e. The molecule has 0 radical (unpaired) electrons. The van der Waals surface area contributed by atoms with Crippen molar-refractivity contribution in [3.63, 3.8) is 0 Å². The van der Waals surface area contributed by atoms with Crippen LogP contribution < -0.4 is 0 Å². The van der Waals surface area contributed by atoms with Crippen molar-refractivity contribution in [2.24, 2.45) is 10.4 Å². The van der Waals surface area contributed by atoms with Crippen LogP contribution in [0.15, 0.2) is 10.4 Å². The fourth-order valence-electron chi connectivity index (χ4n) is 4.75. The predicted octanol–water partition coefficient (Wildman–Crippen LogP) is 8.89. The van der Waals surface area contributed by atoms with Crippen molar-refractivity contribution in [3.05, 3.63) is 9.81 Å². The molecular weight excluding hydrogens is 530 g/mol.